The van der Waals surface area contributed by atoms with Crippen molar-refractivity contribution in [3.05, 3.63) is 77.1 Å². The van der Waals surface area contributed by atoms with Gasteiger partial charge in [-0.05, 0) is 24.6 Å². The Hall–Kier alpha value is -3.74. The molecule has 27 heavy (non-hydrogen) atoms. The van der Waals surface area contributed by atoms with Crippen molar-refractivity contribution in [1.29, 1.82) is 0 Å². The first-order chi connectivity index (χ1) is 13.1. The van der Waals surface area contributed by atoms with Gasteiger partial charge >= 0.3 is 6.03 Å². The number of carbonyl (C=O) groups excluding carboxylic acids is 3. The van der Waals surface area contributed by atoms with Crippen LogP contribution >= 0.6 is 0 Å². The summed E-state index contributed by atoms with van der Waals surface area (Å²) in [5.74, 6) is -0.487. The van der Waals surface area contributed by atoms with Gasteiger partial charge in [0.15, 0.2) is 0 Å². The Morgan fingerprint density at radius 3 is 2.56 bits per heavy atom. The number of fused-ring (bicyclic) bond motifs is 1. The predicted molar refractivity (Wildman–Crippen MR) is 99.8 cm³/mol. The molecule has 1 fully saturated rings. The van der Waals surface area contributed by atoms with Crippen LogP contribution in [0.1, 0.15) is 27.2 Å². The third kappa shape index (κ3) is 2.89. The number of imide groups is 1. The fourth-order valence-electron chi connectivity index (χ4n) is 3.18. The first kappa shape index (κ1) is 16.7. The zero-order valence-electron chi connectivity index (χ0n) is 14.5. The third-order valence-electron chi connectivity index (χ3n) is 4.49. The second kappa shape index (κ2) is 6.53. The van der Waals surface area contributed by atoms with Crippen molar-refractivity contribution in [1.82, 2.24) is 14.7 Å². The number of nitrogens with one attached hydrogen (secondary N) is 1. The minimum absolute atomic E-state index is 0.0944. The van der Waals surface area contributed by atoms with E-state index in [2.05, 4.69) is 10.4 Å². The number of ketones is 1. The molecule has 3 amide bonds. The number of benzene rings is 1. The molecule has 2 aromatic heterocycles. The van der Waals surface area contributed by atoms with E-state index in [4.69, 9.17) is 0 Å². The van der Waals surface area contributed by atoms with Crippen molar-refractivity contribution in [3.63, 3.8) is 0 Å². The molecule has 0 radical (unpaired) electrons. The summed E-state index contributed by atoms with van der Waals surface area (Å²) < 4.78 is 1.82. The maximum atomic E-state index is 13.1. The molecule has 0 aliphatic carbocycles. The first-order valence-corrected chi connectivity index (χ1v) is 8.41. The van der Waals surface area contributed by atoms with Crippen LogP contribution in [-0.4, -0.2) is 39.9 Å². The number of hydrogen-bond acceptors (Lipinski definition) is 4. The molecule has 1 aliphatic rings. The summed E-state index contributed by atoms with van der Waals surface area (Å²) in [4.78, 5) is 36.0. The molecule has 7 heteroatoms. The molecule has 3 aromatic rings. The lowest BCUT2D eigenvalue weighted by Crippen LogP contribution is -2.24. The van der Waals surface area contributed by atoms with E-state index in [1.165, 1.54) is 6.21 Å². The minimum atomic E-state index is -0.557. The predicted octanol–water partition coefficient (Wildman–Crippen LogP) is 2.36. The molecule has 0 saturated carbocycles. The number of urea groups is 1. The third-order valence-corrected chi connectivity index (χ3v) is 4.49. The SMILES string of the molecule is Cc1c(/C=N\N2CC(=O)NC2=O)c2ccccn2c1C(=O)c1ccccc1. The Morgan fingerprint density at radius 2 is 1.85 bits per heavy atom. The average molecular weight is 360 g/mol. The fraction of sp³-hybridized carbons (Fsp3) is 0.100. The quantitative estimate of drug-likeness (QED) is 0.440. The summed E-state index contributed by atoms with van der Waals surface area (Å²) in [5, 5.41) is 7.37. The number of pyridine rings is 1. The van der Waals surface area contributed by atoms with Crippen LogP contribution in [0.4, 0.5) is 4.79 Å². The van der Waals surface area contributed by atoms with Gasteiger partial charge < -0.3 is 4.40 Å². The average Bonchev–Trinajstić information content (AvgIpc) is 3.15. The first-order valence-electron chi connectivity index (χ1n) is 8.41. The molecule has 7 nitrogen and oxygen atoms in total. The lowest BCUT2D eigenvalue weighted by molar-refractivity contribution is -0.118. The maximum Gasteiger partial charge on any atom is 0.344 e. The Labute approximate surface area is 154 Å². The normalized spacial score (nSPS) is 14.3. The van der Waals surface area contributed by atoms with Crippen LogP contribution in [0.15, 0.2) is 59.8 Å². The maximum absolute atomic E-state index is 13.1. The van der Waals surface area contributed by atoms with Gasteiger partial charge in [0.1, 0.15) is 6.54 Å². The molecule has 134 valence electrons. The van der Waals surface area contributed by atoms with E-state index in [1.54, 1.807) is 12.1 Å². The Kier molecular flexibility index (Phi) is 4.04. The smallest absolute Gasteiger partial charge is 0.313 e. The van der Waals surface area contributed by atoms with Gasteiger partial charge in [0.25, 0.3) is 0 Å². The van der Waals surface area contributed by atoms with Crippen molar-refractivity contribution < 1.29 is 14.4 Å². The zero-order chi connectivity index (χ0) is 19.0. The van der Waals surface area contributed by atoms with Gasteiger partial charge in [-0.25, -0.2) is 9.80 Å². The number of aromatic nitrogens is 1. The Balaban J connectivity index is 1.81. The van der Waals surface area contributed by atoms with Gasteiger partial charge in [0.05, 0.1) is 17.4 Å². The molecular weight excluding hydrogens is 344 g/mol. The summed E-state index contributed by atoms with van der Waals surface area (Å²) in [7, 11) is 0. The number of nitrogens with zero attached hydrogens (tertiary/aromatic N) is 3. The number of amides is 3. The number of rotatable bonds is 4. The van der Waals surface area contributed by atoms with Gasteiger partial charge in [0.2, 0.25) is 11.7 Å². The Bertz CT molecular complexity index is 1100. The van der Waals surface area contributed by atoms with Crippen LogP contribution < -0.4 is 5.32 Å². The topological polar surface area (TPSA) is 83.2 Å². The second-order valence-electron chi connectivity index (χ2n) is 6.19. The van der Waals surface area contributed by atoms with E-state index < -0.39 is 11.9 Å². The highest BCUT2D eigenvalue weighted by atomic mass is 16.2. The largest absolute Gasteiger partial charge is 0.344 e. The molecule has 0 spiro atoms. The summed E-state index contributed by atoms with van der Waals surface area (Å²) >= 11 is 0. The van der Waals surface area contributed by atoms with Crippen LogP contribution in [0.3, 0.4) is 0 Å². The van der Waals surface area contributed by atoms with E-state index in [1.807, 2.05) is 53.9 Å². The highest BCUT2D eigenvalue weighted by Crippen LogP contribution is 2.24. The van der Waals surface area contributed by atoms with Crippen molar-refractivity contribution in [2.45, 2.75) is 6.92 Å². The van der Waals surface area contributed by atoms with Gasteiger partial charge in [0, 0.05) is 17.3 Å². The van der Waals surface area contributed by atoms with Crippen LogP contribution in [0.25, 0.3) is 5.52 Å². The van der Waals surface area contributed by atoms with Crippen LogP contribution in [-0.2, 0) is 4.79 Å². The van der Waals surface area contributed by atoms with Gasteiger partial charge in [-0.2, -0.15) is 5.10 Å². The number of hydrazone groups is 1. The highest BCUT2D eigenvalue weighted by Gasteiger charge is 2.26. The molecule has 0 bridgehead atoms. The summed E-state index contributed by atoms with van der Waals surface area (Å²) in [5.41, 5.74) is 3.41. The molecule has 1 aromatic carbocycles. The molecular formula is C20H16N4O3. The number of carbonyl (C=O) groups is 3. The van der Waals surface area contributed by atoms with Crippen LogP contribution in [0, 0.1) is 6.92 Å². The Morgan fingerprint density at radius 1 is 1.11 bits per heavy atom. The standard InChI is InChI=1S/C20H16N4O3/c1-13-15(11-21-24-12-17(25)22-20(24)27)16-9-5-6-10-23(16)18(13)19(26)14-7-3-2-4-8-14/h2-11H,12H2,1H3,(H,22,25,27)/b21-11-. The molecule has 0 atom stereocenters. The summed E-state index contributed by atoms with van der Waals surface area (Å²) in [6, 6.07) is 14.1. The molecule has 3 heterocycles. The highest BCUT2D eigenvalue weighted by molar-refractivity contribution is 6.12. The summed E-state index contributed by atoms with van der Waals surface area (Å²) in [6.45, 7) is 1.73. The van der Waals surface area contributed by atoms with Crippen molar-refractivity contribution in [2.75, 3.05) is 6.54 Å². The van der Waals surface area contributed by atoms with E-state index in [0.717, 1.165) is 21.7 Å². The second-order valence-corrected chi connectivity index (χ2v) is 6.19. The molecule has 4 rings (SSSR count). The van der Waals surface area contributed by atoms with Crippen LogP contribution in [0.5, 0.6) is 0 Å². The van der Waals surface area contributed by atoms with E-state index in [-0.39, 0.29) is 12.3 Å². The molecule has 1 N–H and O–H groups in total. The van der Waals surface area contributed by atoms with E-state index >= 15 is 0 Å². The van der Waals surface area contributed by atoms with E-state index in [9.17, 15) is 14.4 Å². The van der Waals surface area contributed by atoms with Gasteiger partial charge in [-0.15, -0.1) is 0 Å². The van der Waals surface area contributed by atoms with Crippen LogP contribution in [0.2, 0.25) is 0 Å². The van der Waals surface area contributed by atoms with Crippen molar-refractivity contribution in [3.8, 4) is 0 Å². The molecule has 1 aliphatic heterocycles. The lowest BCUT2D eigenvalue weighted by atomic mass is 10.0. The molecule has 1 saturated heterocycles. The lowest BCUT2D eigenvalue weighted by Gasteiger charge is -2.04. The van der Waals surface area contributed by atoms with E-state index in [0.29, 0.717) is 11.3 Å². The number of hydrogen-bond donors (Lipinski definition) is 1. The van der Waals surface area contributed by atoms with Gasteiger partial charge in [-0.1, -0.05) is 36.4 Å². The van der Waals surface area contributed by atoms with Crippen molar-refractivity contribution >= 4 is 29.5 Å². The monoisotopic (exact) mass is 360 g/mol. The fourth-order valence-corrected chi connectivity index (χ4v) is 3.18. The van der Waals surface area contributed by atoms with Gasteiger partial charge in [-0.3, -0.25) is 14.9 Å². The zero-order valence-corrected chi connectivity index (χ0v) is 14.5. The molecule has 0 unspecified atom stereocenters. The summed E-state index contributed by atoms with van der Waals surface area (Å²) in [6.07, 6.45) is 3.34. The minimum Gasteiger partial charge on any atom is -0.313 e. The van der Waals surface area contributed by atoms with Crippen molar-refractivity contribution in [2.24, 2.45) is 5.10 Å².